The molecule has 408 valence electrons. The van der Waals surface area contributed by atoms with Gasteiger partial charge in [-0.2, -0.15) is 4.98 Å². The zero-order valence-corrected chi connectivity index (χ0v) is 44.4. The number of unbranched alkanes of at least 4 members (excludes halogenated alkanes) is 14. The van der Waals surface area contributed by atoms with E-state index in [2.05, 4.69) is 76.3 Å². The minimum absolute atomic E-state index is 0.0904. The molecule has 1 aromatic rings. The lowest BCUT2D eigenvalue weighted by atomic mass is 10.0. The van der Waals surface area contributed by atoms with Gasteiger partial charge < -0.3 is 49.0 Å². The van der Waals surface area contributed by atoms with Gasteiger partial charge in [-0.25, -0.2) is 9.11 Å². The maximum Gasteiger partial charge on any atom is 0.351 e. The number of nitrogens with two attached hydrogens (primary N) is 1. The maximum atomic E-state index is 12.8. The number of rotatable bonds is 42. The zero-order chi connectivity index (χ0) is 52.7. The van der Waals surface area contributed by atoms with Gasteiger partial charge in [0.1, 0.15) is 30.7 Å². The molecule has 0 radical (unpaired) electrons. The smallest absolute Gasteiger partial charge is 0.351 e. The monoisotopic (exact) mass is 1050 g/mol. The number of carbonyl (C=O) groups excluding carboxylic acids is 2. The van der Waals surface area contributed by atoms with E-state index >= 15 is 0 Å². The van der Waals surface area contributed by atoms with Gasteiger partial charge >= 0.3 is 17.6 Å². The number of hydrogen-bond donors (Lipinski definition) is 3. The van der Waals surface area contributed by atoms with Crippen LogP contribution in [-0.2, 0) is 46.3 Å². The lowest BCUT2D eigenvalue weighted by Gasteiger charge is -2.32. The number of ether oxygens (including phenoxy) is 3. The van der Waals surface area contributed by atoms with Crippen molar-refractivity contribution in [2.75, 3.05) is 25.6 Å². The molecule has 0 aromatic carbocycles. The standard InChI is InChI=1S/C52H85N3O15P2/c1-3-5-7-9-11-13-15-17-19-20-21-22-24-26-28-30-32-34-36-38-48(57)68-44(41-65-47(56)37-35-33-31-29-27-25-23-18-16-14-12-10-8-6-4-2)42-66-71(61,62)70-72(63,64)67-43-45-49(58)50(59)51(69-45)55-40-39-46(53)54-52(55)60/h5,7,11,13,17,19,21-22,26,28,32,34,39-40,44-45,49-51,58-59H,3-4,6,8-10,12,14-16,18,20,23-25,27,29-31,33,35-38,41-43H2,1-2H3,(H,61,62)(H,63,64)(H2,53,54,60)/p-2/b7-5-,13-11-,19-17-,22-21-,28-26-,34-32-/t44-,45-,49-,50-,51-/m1/s1. The van der Waals surface area contributed by atoms with Gasteiger partial charge in [-0.3, -0.25) is 23.3 Å². The van der Waals surface area contributed by atoms with E-state index in [1.54, 1.807) is 6.08 Å². The molecule has 2 rings (SSSR count). The second-order valence-corrected chi connectivity index (χ2v) is 20.6. The average Bonchev–Trinajstić information content (AvgIpc) is 3.62. The number of nitrogen functional groups attached to an aromatic ring is 1. The molecule has 0 aliphatic carbocycles. The highest BCUT2D eigenvalue weighted by Gasteiger charge is 2.45. The normalized spacial score (nSPS) is 19.6. The van der Waals surface area contributed by atoms with Crippen molar-refractivity contribution in [1.29, 1.82) is 0 Å². The summed E-state index contributed by atoms with van der Waals surface area (Å²) in [4.78, 5) is 66.5. The highest BCUT2D eigenvalue weighted by molar-refractivity contribution is 7.59. The van der Waals surface area contributed by atoms with Crippen LogP contribution in [0.15, 0.2) is 90.0 Å². The molecule has 1 aliphatic rings. The minimum atomic E-state index is -5.75. The van der Waals surface area contributed by atoms with Crippen LogP contribution in [0.4, 0.5) is 5.82 Å². The number of aromatic nitrogens is 2. The first-order valence-electron chi connectivity index (χ1n) is 25.9. The first-order valence-corrected chi connectivity index (χ1v) is 28.8. The Kier molecular flexibility index (Phi) is 35.4. The second kappa shape index (κ2) is 39.6. The van der Waals surface area contributed by atoms with Crippen LogP contribution < -0.4 is 21.2 Å². The predicted octanol–water partition coefficient (Wildman–Crippen LogP) is 9.63. The van der Waals surface area contributed by atoms with E-state index in [1.165, 1.54) is 70.3 Å². The number of allylic oxidation sites excluding steroid dienone is 12. The molecule has 0 spiro atoms. The summed E-state index contributed by atoms with van der Waals surface area (Å²) < 4.78 is 55.7. The lowest BCUT2D eigenvalue weighted by Crippen LogP contribution is -2.36. The summed E-state index contributed by atoms with van der Waals surface area (Å²) in [6.07, 6.45) is 40.8. The van der Waals surface area contributed by atoms with Crippen LogP contribution in [0.1, 0.15) is 174 Å². The van der Waals surface area contributed by atoms with Crippen molar-refractivity contribution in [1.82, 2.24) is 9.55 Å². The number of esters is 2. The summed E-state index contributed by atoms with van der Waals surface area (Å²) >= 11 is 0. The van der Waals surface area contributed by atoms with Crippen molar-refractivity contribution >= 4 is 33.4 Å². The van der Waals surface area contributed by atoms with E-state index in [4.69, 9.17) is 24.5 Å². The fourth-order valence-electron chi connectivity index (χ4n) is 7.33. The van der Waals surface area contributed by atoms with Crippen LogP contribution in [0.2, 0.25) is 0 Å². The summed E-state index contributed by atoms with van der Waals surface area (Å²) in [7, 11) is -11.5. The minimum Gasteiger partial charge on any atom is -0.756 e. The van der Waals surface area contributed by atoms with E-state index < -0.39 is 83.7 Å². The number of carbonyl (C=O) groups is 2. The largest absolute Gasteiger partial charge is 0.756 e. The van der Waals surface area contributed by atoms with Crippen LogP contribution in [0.5, 0.6) is 0 Å². The molecule has 20 heteroatoms. The fraction of sp³-hybridized carbons (Fsp3) is 0.654. The molecule has 1 saturated heterocycles. The van der Waals surface area contributed by atoms with E-state index in [-0.39, 0.29) is 18.7 Å². The van der Waals surface area contributed by atoms with Gasteiger partial charge in [0, 0.05) is 19.0 Å². The molecular weight excluding hydrogens is 969 g/mol. The Hall–Kier alpha value is -3.80. The third kappa shape index (κ3) is 31.7. The lowest BCUT2D eigenvalue weighted by molar-refractivity contribution is -0.246. The molecule has 0 amide bonds. The molecule has 4 N–H and O–H groups in total. The van der Waals surface area contributed by atoms with Crippen molar-refractivity contribution in [3.63, 3.8) is 0 Å². The Morgan fingerprint density at radius 2 is 1.18 bits per heavy atom. The Morgan fingerprint density at radius 3 is 1.69 bits per heavy atom. The molecule has 1 aromatic heterocycles. The number of aliphatic hydroxyl groups is 2. The molecule has 7 atom stereocenters. The van der Waals surface area contributed by atoms with Crippen molar-refractivity contribution in [2.24, 2.45) is 0 Å². The Bertz CT molecular complexity index is 1990. The Labute approximate surface area is 427 Å². The van der Waals surface area contributed by atoms with E-state index in [0.717, 1.165) is 68.6 Å². The van der Waals surface area contributed by atoms with Crippen LogP contribution in [0.3, 0.4) is 0 Å². The molecule has 1 fully saturated rings. The molecule has 0 saturated carbocycles. The quantitative estimate of drug-likeness (QED) is 0.0238. The van der Waals surface area contributed by atoms with E-state index in [0.29, 0.717) is 19.3 Å². The van der Waals surface area contributed by atoms with Crippen molar-refractivity contribution in [3.05, 3.63) is 95.7 Å². The number of nitrogens with zero attached hydrogens (tertiary/aromatic N) is 2. The van der Waals surface area contributed by atoms with Gasteiger partial charge in [-0.05, 0) is 57.4 Å². The second-order valence-electron chi connectivity index (χ2n) is 17.6. The van der Waals surface area contributed by atoms with Crippen molar-refractivity contribution in [2.45, 2.75) is 199 Å². The first-order chi connectivity index (χ1) is 34.7. The number of aliphatic hydroxyl groups excluding tert-OH is 2. The third-order valence-corrected chi connectivity index (χ3v) is 13.8. The number of anilines is 1. The Balaban J connectivity index is 1.83. The molecule has 18 nitrogen and oxygen atoms in total. The molecular formula is C52H83N3O15P2-2. The van der Waals surface area contributed by atoms with Crippen LogP contribution in [0, 0.1) is 0 Å². The van der Waals surface area contributed by atoms with Gasteiger partial charge in [0.15, 0.2) is 12.3 Å². The maximum absolute atomic E-state index is 12.8. The van der Waals surface area contributed by atoms with Crippen LogP contribution in [-0.4, -0.2) is 75.9 Å². The topological polar surface area (TPSA) is 271 Å². The van der Waals surface area contributed by atoms with Gasteiger partial charge in [-0.15, -0.1) is 0 Å². The van der Waals surface area contributed by atoms with Crippen LogP contribution in [0.25, 0.3) is 0 Å². The van der Waals surface area contributed by atoms with Crippen molar-refractivity contribution in [3.8, 4) is 0 Å². The van der Waals surface area contributed by atoms with Gasteiger partial charge in [0.2, 0.25) is 0 Å². The highest BCUT2D eigenvalue weighted by Crippen LogP contribution is 2.56. The Morgan fingerprint density at radius 1 is 0.694 bits per heavy atom. The average molecular weight is 1050 g/mol. The summed E-state index contributed by atoms with van der Waals surface area (Å²) in [6.45, 7) is 1.75. The number of hydrogen-bond acceptors (Lipinski definition) is 17. The SMILES string of the molecule is CC/C=C\C/C=C\C/C=C\C/C=C\C/C=C\C/C=C\CCC(=O)O[C@H](COC(=O)CCCCCCCCCCCCCCCCC)COP(=O)([O-])OP(=O)([O-])OC[C@H]1O[C@@H](n2ccc(N)nc2=O)[C@H](O)[C@@H]1O. The number of phosphoric ester groups is 2. The molecule has 72 heavy (non-hydrogen) atoms. The molecule has 0 bridgehead atoms. The predicted molar refractivity (Wildman–Crippen MR) is 275 cm³/mol. The molecule has 2 heterocycles. The highest BCUT2D eigenvalue weighted by atomic mass is 31.3. The summed E-state index contributed by atoms with van der Waals surface area (Å²) in [5.41, 5.74) is 4.55. The van der Waals surface area contributed by atoms with Crippen molar-refractivity contribution < 1.29 is 66.3 Å². The van der Waals surface area contributed by atoms with Gasteiger partial charge in [0.25, 0.3) is 15.6 Å². The summed E-state index contributed by atoms with van der Waals surface area (Å²) in [5, 5.41) is 20.9. The number of phosphoric acid groups is 2. The molecule has 2 unspecified atom stereocenters. The van der Waals surface area contributed by atoms with Crippen LogP contribution >= 0.6 is 15.6 Å². The van der Waals surface area contributed by atoms with E-state index in [9.17, 15) is 43.5 Å². The molecule has 1 aliphatic heterocycles. The van der Waals surface area contributed by atoms with E-state index in [1.807, 2.05) is 18.2 Å². The van der Waals surface area contributed by atoms with Gasteiger partial charge in [-0.1, -0.05) is 177 Å². The zero-order valence-electron chi connectivity index (χ0n) is 42.6. The fourth-order valence-corrected chi connectivity index (χ4v) is 9.36. The third-order valence-electron chi connectivity index (χ3n) is 11.3. The summed E-state index contributed by atoms with van der Waals surface area (Å²) in [6, 6.07) is 1.23. The first kappa shape index (κ1) is 64.3. The van der Waals surface area contributed by atoms with Gasteiger partial charge in [0.05, 0.1) is 13.2 Å². The summed E-state index contributed by atoms with van der Waals surface area (Å²) in [5.74, 6) is -1.47.